The lowest BCUT2D eigenvalue weighted by Gasteiger charge is -2.05. The molecule has 0 radical (unpaired) electrons. The maximum atomic E-state index is 13.4. The molecule has 8 heteroatoms. The number of hydrazone groups is 1. The summed E-state index contributed by atoms with van der Waals surface area (Å²) >= 11 is 11.9. The van der Waals surface area contributed by atoms with Crippen LogP contribution in [0.1, 0.15) is 22.3 Å². The first kappa shape index (κ1) is 18.9. The predicted octanol–water partition coefficient (Wildman–Crippen LogP) is 3.40. The third kappa shape index (κ3) is 5.55. The van der Waals surface area contributed by atoms with E-state index in [-0.39, 0.29) is 18.5 Å². The molecule has 5 nitrogen and oxygen atoms in total. The largest absolute Gasteiger partial charge is 0.351 e. The summed E-state index contributed by atoms with van der Waals surface area (Å²) in [6, 6.07) is 10.6. The zero-order valence-corrected chi connectivity index (χ0v) is 14.4. The van der Waals surface area contributed by atoms with Crippen molar-refractivity contribution in [3.63, 3.8) is 0 Å². The van der Waals surface area contributed by atoms with Crippen molar-refractivity contribution >= 4 is 41.2 Å². The molecule has 0 aromatic heterocycles. The van der Waals surface area contributed by atoms with Gasteiger partial charge in [-0.2, -0.15) is 5.10 Å². The van der Waals surface area contributed by atoms with Crippen molar-refractivity contribution in [2.24, 2.45) is 5.10 Å². The number of halogens is 3. The van der Waals surface area contributed by atoms with E-state index in [1.165, 1.54) is 24.4 Å². The molecule has 0 aliphatic heterocycles. The van der Waals surface area contributed by atoms with E-state index < -0.39 is 17.6 Å². The van der Waals surface area contributed by atoms with Gasteiger partial charge in [-0.15, -0.1) is 0 Å². The molecule has 2 rings (SSSR count). The van der Waals surface area contributed by atoms with Gasteiger partial charge in [0, 0.05) is 18.5 Å². The molecular weight excluding hydrogens is 368 g/mol. The van der Waals surface area contributed by atoms with Crippen LogP contribution >= 0.6 is 23.2 Å². The quantitative estimate of drug-likeness (QED) is 0.594. The fourth-order valence-electron chi connectivity index (χ4n) is 1.88. The lowest BCUT2D eigenvalue weighted by atomic mass is 10.2. The Morgan fingerprint density at radius 3 is 2.64 bits per heavy atom. The zero-order chi connectivity index (χ0) is 18.2. The molecule has 0 aliphatic rings. The summed E-state index contributed by atoms with van der Waals surface area (Å²) in [4.78, 5) is 23.4. The number of benzene rings is 2. The Hall–Kier alpha value is -2.44. The standard InChI is InChI=1S/C17H14Cl2FN3O2/c18-13-6-3-4-11(16(13)19)10-22-23-15(24)8-9-21-17(25)12-5-1-2-7-14(12)20/h1-7,10H,8-9H2,(H,21,25)(H,23,24). The molecule has 25 heavy (non-hydrogen) atoms. The zero-order valence-electron chi connectivity index (χ0n) is 12.9. The molecule has 2 N–H and O–H groups in total. The summed E-state index contributed by atoms with van der Waals surface area (Å²) in [7, 11) is 0. The van der Waals surface area contributed by atoms with E-state index in [0.717, 1.165) is 0 Å². The third-order valence-corrected chi connectivity index (χ3v) is 3.96. The van der Waals surface area contributed by atoms with Crippen LogP contribution in [0, 0.1) is 5.82 Å². The highest BCUT2D eigenvalue weighted by Gasteiger charge is 2.10. The molecule has 0 aliphatic carbocycles. The van der Waals surface area contributed by atoms with Crippen LogP contribution in [0.3, 0.4) is 0 Å². The second-order valence-electron chi connectivity index (χ2n) is 4.92. The number of carbonyl (C=O) groups excluding carboxylic acids is 2. The molecule has 2 aromatic rings. The second-order valence-corrected chi connectivity index (χ2v) is 5.71. The van der Waals surface area contributed by atoms with E-state index in [1.54, 1.807) is 24.3 Å². The fraction of sp³-hybridized carbons (Fsp3) is 0.118. The van der Waals surface area contributed by atoms with E-state index in [2.05, 4.69) is 15.8 Å². The van der Waals surface area contributed by atoms with Crippen molar-refractivity contribution in [1.29, 1.82) is 0 Å². The van der Waals surface area contributed by atoms with Gasteiger partial charge in [-0.05, 0) is 18.2 Å². The molecule has 0 unspecified atom stereocenters. The smallest absolute Gasteiger partial charge is 0.254 e. The minimum atomic E-state index is -0.618. The van der Waals surface area contributed by atoms with Crippen LogP contribution in [0.25, 0.3) is 0 Å². The molecule has 2 aromatic carbocycles. The predicted molar refractivity (Wildman–Crippen MR) is 95.5 cm³/mol. The molecule has 0 fully saturated rings. The number of hydrogen-bond donors (Lipinski definition) is 2. The van der Waals surface area contributed by atoms with Gasteiger partial charge in [-0.1, -0.05) is 47.5 Å². The van der Waals surface area contributed by atoms with Gasteiger partial charge in [0.1, 0.15) is 5.82 Å². The monoisotopic (exact) mass is 381 g/mol. The SMILES string of the molecule is O=C(CCNC(=O)c1ccccc1F)NN=Cc1cccc(Cl)c1Cl. The Labute approximate surface area is 153 Å². The molecule has 0 saturated heterocycles. The summed E-state index contributed by atoms with van der Waals surface area (Å²) in [6.45, 7) is 0.0481. The van der Waals surface area contributed by atoms with E-state index >= 15 is 0 Å². The summed E-state index contributed by atoms with van der Waals surface area (Å²) < 4.78 is 13.4. The lowest BCUT2D eigenvalue weighted by Crippen LogP contribution is -2.29. The minimum Gasteiger partial charge on any atom is -0.351 e. The number of carbonyl (C=O) groups is 2. The molecule has 0 saturated carbocycles. The Bertz CT molecular complexity index is 812. The Balaban J connectivity index is 1.77. The number of hydrogen-bond acceptors (Lipinski definition) is 3. The molecule has 130 valence electrons. The van der Waals surface area contributed by atoms with Crippen molar-refractivity contribution in [2.45, 2.75) is 6.42 Å². The average molecular weight is 382 g/mol. The van der Waals surface area contributed by atoms with Crippen molar-refractivity contribution < 1.29 is 14.0 Å². The van der Waals surface area contributed by atoms with Crippen LogP contribution in [-0.4, -0.2) is 24.6 Å². The summed E-state index contributed by atoms with van der Waals surface area (Å²) in [5.41, 5.74) is 2.79. The van der Waals surface area contributed by atoms with Crippen LogP contribution in [0.5, 0.6) is 0 Å². The maximum Gasteiger partial charge on any atom is 0.254 e. The van der Waals surface area contributed by atoms with Gasteiger partial charge in [-0.25, -0.2) is 9.82 Å². The number of nitrogens with one attached hydrogen (secondary N) is 2. The first-order valence-corrected chi connectivity index (χ1v) is 8.03. The average Bonchev–Trinajstić information content (AvgIpc) is 2.59. The van der Waals surface area contributed by atoms with Crippen LogP contribution in [0.2, 0.25) is 10.0 Å². The Kier molecular flexibility index (Phi) is 6.91. The molecule has 0 spiro atoms. The molecular formula is C17H14Cl2FN3O2. The molecule has 0 bridgehead atoms. The highest BCUT2D eigenvalue weighted by molar-refractivity contribution is 6.43. The first-order chi connectivity index (χ1) is 12.0. The van der Waals surface area contributed by atoms with Crippen molar-refractivity contribution in [3.05, 3.63) is 69.5 Å². The normalized spacial score (nSPS) is 10.7. The van der Waals surface area contributed by atoms with Gasteiger partial charge in [0.15, 0.2) is 0 Å². The number of amides is 2. The first-order valence-electron chi connectivity index (χ1n) is 7.27. The minimum absolute atomic E-state index is 0.0131. The van der Waals surface area contributed by atoms with E-state index in [4.69, 9.17) is 23.2 Å². The van der Waals surface area contributed by atoms with Crippen molar-refractivity contribution in [2.75, 3.05) is 6.54 Å². The van der Waals surface area contributed by atoms with Gasteiger partial charge in [-0.3, -0.25) is 9.59 Å². The van der Waals surface area contributed by atoms with Crippen LogP contribution in [-0.2, 0) is 4.79 Å². The summed E-state index contributed by atoms with van der Waals surface area (Å²) in [5.74, 6) is -1.62. The van der Waals surface area contributed by atoms with Gasteiger partial charge >= 0.3 is 0 Å². The number of rotatable bonds is 6. The van der Waals surface area contributed by atoms with Crippen LogP contribution < -0.4 is 10.7 Å². The summed E-state index contributed by atoms with van der Waals surface area (Å²) in [6.07, 6.45) is 1.35. The Morgan fingerprint density at radius 1 is 1.12 bits per heavy atom. The molecule has 2 amide bonds. The molecule has 0 heterocycles. The van der Waals surface area contributed by atoms with Crippen molar-refractivity contribution in [3.8, 4) is 0 Å². The molecule has 0 atom stereocenters. The van der Waals surface area contributed by atoms with Crippen molar-refractivity contribution in [1.82, 2.24) is 10.7 Å². The topological polar surface area (TPSA) is 70.6 Å². The third-order valence-electron chi connectivity index (χ3n) is 3.13. The van der Waals surface area contributed by atoms with Gasteiger partial charge in [0.25, 0.3) is 5.91 Å². The van der Waals surface area contributed by atoms with Gasteiger partial charge in [0.2, 0.25) is 5.91 Å². The van der Waals surface area contributed by atoms with Gasteiger partial charge in [0.05, 0.1) is 21.8 Å². The summed E-state index contributed by atoms with van der Waals surface area (Å²) in [5, 5.41) is 6.95. The Morgan fingerprint density at radius 2 is 1.88 bits per heavy atom. The fourth-order valence-corrected chi connectivity index (χ4v) is 2.24. The second kappa shape index (κ2) is 9.15. The highest BCUT2D eigenvalue weighted by Crippen LogP contribution is 2.24. The van der Waals surface area contributed by atoms with Gasteiger partial charge < -0.3 is 5.32 Å². The maximum absolute atomic E-state index is 13.4. The lowest BCUT2D eigenvalue weighted by molar-refractivity contribution is -0.120. The van der Waals surface area contributed by atoms with Crippen LogP contribution in [0.15, 0.2) is 47.6 Å². The van der Waals surface area contributed by atoms with E-state index in [0.29, 0.717) is 15.6 Å². The van der Waals surface area contributed by atoms with Crippen LogP contribution in [0.4, 0.5) is 4.39 Å². The van der Waals surface area contributed by atoms with E-state index in [9.17, 15) is 14.0 Å². The highest BCUT2D eigenvalue weighted by atomic mass is 35.5. The number of nitrogens with zero attached hydrogens (tertiary/aromatic N) is 1. The van der Waals surface area contributed by atoms with E-state index in [1.807, 2.05) is 0 Å².